The van der Waals surface area contributed by atoms with Crippen molar-refractivity contribution in [2.75, 3.05) is 63.6 Å². The molecule has 0 atom stereocenters. The molecule has 0 unspecified atom stereocenters. The van der Waals surface area contributed by atoms with E-state index in [1.165, 1.54) is 0 Å². The van der Waals surface area contributed by atoms with Gasteiger partial charge >= 0.3 is 0 Å². The molecular formula is C29H35ClN6O. The van der Waals surface area contributed by atoms with E-state index in [2.05, 4.69) is 69.6 Å². The number of piperazine rings is 1. The Labute approximate surface area is 224 Å². The topological polar surface area (TPSA) is 60.7 Å². The second kappa shape index (κ2) is 11.1. The minimum atomic E-state index is 0.639. The van der Waals surface area contributed by atoms with Gasteiger partial charge in [0.05, 0.1) is 5.69 Å². The van der Waals surface area contributed by atoms with Gasteiger partial charge in [-0.1, -0.05) is 41.0 Å². The van der Waals surface area contributed by atoms with E-state index in [4.69, 9.17) is 21.1 Å². The summed E-state index contributed by atoms with van der Waals surface area (Å²) < 4.78 is 5.44. The van der Waals surface area contributed by atoms with Crippen LogP contribution in [0.1, 0.15) is 17.0 Å². The Kier molecular flexibility index (Phi) is 7.65. The summed E-state index contributed by atoms with van der Waals surface area (Å²) in [4.78, 5) is 12.3. The summed E-state index contributed by atoms with van der Waals surface area (Å²) in [6, 6.07) is 16.7. The molecule has 194 valence electrons. The van der Waals surface area contributed by atoms with E-state index in [9.17, 15) is 0 Å². The van der Waals surface area contributed by atoms with Crippen LogP contribution in [0.4, 0.5) is 11.6 Å². The molecule has 3 heterocycles. The number of anilines is 2. The summed E-state index contributed by atoms with van der Waals surface area (Å²) >= 11 is 6.24. The molecule has 7 nitrogen and oxygen atoms in total. The largest absolute Gasteiger partial charge is 0.365 e. The van der Waals surface area contributed by atoms with Gasteiger partial charge in [-0.05, 0) is 68.7 Å². The van der Waals surface area contributed by atoms with Crippen LogP contribution < -0.4 is 10.2 Å². The van der Waals surface area contributed by atoms with E-state index in [-0.39, 0.29) is 0 Å². The highest BCUT2D eigenvalue weighted by Gasteiger charge is 2.20. The van der Waals surface area contributed by atoms with Gasteiger partial charge in [0.2, 0.25) is 0 Å². The van der Waals surface area contributed by atoms with E-state index in [1.807, 2.05) is 32.0 Å². The van der Waals surface area contributed by atoms with Crippen molar-refractivity contribution in [2.24, 2.45) is 0 Å². The third-order valence-electron chi connectivity index (χ3n) is 7.05. The molecular weight excluding hydrogens is 484 g/mol. The lowest BCUT2D eigenvalue weighted by atomic mass is 10.0. The van der Waals surface area contributed by atoms with Crippen LogP contribution in [0.2, 0.25) is 5.02 Å². The molecule has 5 rings (SSSR count). The predicted octanol–water partition coefficient (Wildman–Crippen LogP) is 5.46. The highest BCUT2D eigenvalue weighted by molar-refractivity contribution is 6.30. The molecule has 1 aliphatic heterocycles. The summed E-state index contributed by atoms with van der Waals surface area (Å²) in [6.45, 7) is 10.8. The molecule has 1 N–H and O–H groups in total. The Morgan fingerprint density at radius 3 is 2.54 bits per heavy atom. The van der Waals surface area contributed by atoms with Crippen molar-refractivity contribution in [3.63, 3.8) is 0 Å². The van der Waals surface area contributed by atoms with Crippen LogP contribution in [0.5, 0.6) is 0 Å². The summed E-state index contributed by atoms with van der Waals surface area (Å²) in [5.41, 5.74) is 4.13. The first-order valence-electron chi connectivity index (χ1n) is 12.9. The standard InChI is InChI=1S/C29H35ClN6O/c1-20-28(21(2)37-33-20)24-9-8-23-18-27(36-14-12-35(13-15-36)11-10-34(3)4)32-29(26(23)17-24)31-19-22-6-5-7-25(30)16-22/h5-9,16-18H,10-15,19H2,1-4H3,(H,31,32). The van der Waals surface area contributed by atoms with Crippen molar-refractivity contribution < 1.29 is 4.52 Å². The van der Waals surface area contributed by atoms with Gasteiger partial charge in [0, 0.05) is 61.8 Å². The number of hydrogen-bond acceptors (Lipinski definition) is 7. The van der Waals surface area contributed by atoms with E-state index in [0.717, 1.165) is 94.8 Å². The van der Waals surface area contributed by atoms with Crippen molar-refractivity contribution in [2.45, 2.75) is 20.4 Å². The van der Waals surface area contributed by atoms with Crippen molar-refractivity contribution in [1.82, 2.24) is 19.9 Å². The minimum Gasteiger partial charge on any atom is -0.365 e. The predicted molar refractivity (Wildman–Crippen MR) is 153 cm³/mol. The zero-order valence-electron chi connectivity index (χ0n) is 22.1. The molecule has 1 fully saturated rings. The van der Waals surface area contributed by atoms with E-state index >= 15 is 0 Å². The summed E-state index contributed by atoms with van der Waals surface area (Å²) in [5.74, 6) is 2.71. The second-order valence-electron chi connectivity index (χ2n) is 10.1. The Morgan fingerprint density at radius 1 is 1.03 bits per heavy atom. The van der Waals surface area contributed by atoms with Crippen molar-refractivity contribution in [3.8, 4) is 11.1 Å². The molecule has 0 radical (unpaired) electrons. The Bertz CT molecular complexity index is 1360. The molecule has 0 spiro atoms. The summed E-state index contributed by atoms with van der Waals surface area (Å²) in [5, 5.41) is 10.7. The monoisotopic (exact) mass is 518 g/mol. The zero-order chi connectivity index (χ0) is 25.9. The number of halogens is 1. The van der Waals surface area contributed by atoms with Crippen LogP contribution in [0, 0.1) is 13.8 Å². The molecule has 1 saturated heterocycles. The number of likely N-dealkylation sites (N-methyl/N-ethyl adjacent to an activating group) is 1. The number of fused-ring (bicyclic) bond motifs is 1. The molecule has 4 aromatic rings. The van der Waals surface area contributed by atoms with Gasteiger partial charge in [0.15, 0.2) is 0 Å². The van der Waals surface area contributed by atoms with E-state index in [1.54, 1.807) is 0 Å². The number of benzene rings is 2. The number of nitrogens with one attached hydrogen (secondary N) is 1. The highest BCUT2D eigenvalue weighted by atomic mass is 35.5. The average molecular weight is 519 g/mol. The molecule has 8 heteroatoms. The number of aromatic nitrogens is 2. The number of aryl methyl sites for hydroxylation is 2. The number of hydrogen-bond donors (Lipinski definition) is 1. The lowest BCUT2D eigenvalue weighted by molar-refractivity contribution is 0.229. The van der Waals surface area contributed by atoms with E-state index in [0.29, 0.717) is 6.54 Å². The van der Waals surface area contributed by atoms with Gasteiger partial charge in [0.25, 0.3) is 0 Å². The fourth-order valence-electron chi connectivity index (χ4n) is 4.96. The van der Waals surface area contributed by atoms with Gasteiger partial charge in [0.1, 0.15) is 17.4 Å². The molecule has 2 aromatic carbocycles. The number of pyridine rings is 1. The maximum absolute atomic E-state index is 6.24. The number of rotatable bonds is 8. The summed E-state index contributed by atoms with van der Waals surface area (Å²) in [6.07, 6.45) is 0. The molecule has 0 saturated carbocycles. The second-order valence-corrected chi connectivity index (χ2v) is 10.5. The SMILES string of the molecule is Cc1noc(C)c1-c1ccc2cc(N3CCN(CCN(C)C)CC3)nc(NCc3cccc(Cl)c3)c2c1. The van der Waals surface area contributed by atoms with E-state index < -0.39 is 0 Å². The van der Waals surface area contributed by atoms with Gasteiger partial charge in [-0.3, -0.25) is 4.90 Å². The molecule has 1 aliphatic rings. The third kappa shape index (κ3) is 5.90. The molecule has 37 heavy (non-hydrogen) atoms. The average Bonchev–Trinajstić information content (AvgIpc) is 3.23. The van der Waals surface area contributed by atoms with Crippen molar-refractivity contribution in [1.29, 1.82) is 0 Å². The van der Waals surface area contributed by atoms with Crippen LogP contribution in [0.25, 0.3) is 21.9 Å². The van der Waals surface area contributed by atoms with Gasteiger partial charge in [-0.2, -0.15) is 0 Å². The first kappa shape index (κ1) is 25.5. The number of nitrogens with zero attached hydrogens (tertiary/aromatic N) is 5. The van der Waals surface area contributed by atoms with Crippen molar-refractivity contribution >= 4 is 34.0 Å². The molecule has 0 aliphatic carbocycles. The lowest BCUT2D eigenvalue weighted by Crippen LogP contribution is -2.48. The van der Waals surface area contributed by atoms with Crippen molar-refractivity contribution in [3.05, 3.63) is 70.6 Å². The van der Waals surface area contributed by atoms with Crippen LogP contribution >= 0.6 is 11.6 Å². The minimum absolute atomic E-state index is 0.639. The molecule has 2 aromatic heterocycles. The first-order valence-corrected chi connectivity index (χ1v) is 13.2. The smallest absolute Gasteiger partial charge is 0.141 e. The Hall–Kier alpha value is -3.13. The van der Waals surface area contributed by atoms with Crippen LogP contribution in [-0.2, 0) is 6.54 Å². The fourth-order valence-corrected chi connectivity index (χ4v) is 5.17. The van der Waals surface area contributed by atoms with Crippen LogP contribution in [-0.4, -0.2) is 73.3 Å². The highest BCUT2D eigenvalue weighted by Crippen LogP contribution is 2.34. The molecule has 0 amide bonds. The van der Waals surface area contributed by atoms with Crippen LogP contribution in [0.15, 0.2) is 53.1 Å². The van der Waals surface area contributed by atoms with Gasteiger partial charge in [-0.25, -0.2) is 4.98 Å². The maximum atomic E-state index is 6.24. The quantitative estimate of drug-likeness (QED) is 0.332. The van der Waals surface area contributed by atoms with Gasteiger partial charge in [-0.15, -0.1) is 0 Å². The Balaban J connectivity index is 1.46. The normalized spacial score (nSPS) is 14.6. The Morgan fingerprint density at radius 2 is 1.84 bits per heavy atom. The molecule has 0 bridgehead atoms. The fraction of sp³-hybridized carbons (Fsp3) is 0.379. The first-order chi connectivity index (χ1) is 17.9. The van der Waals surface area contributed by atoms with Crippen LogP contribution in [0.3, 0.4) is 0 Å². The lowest BCUT2D eigenvalue weighted by Gasteiger charge is -2.36. The van der Waals surface area contributed by atoms with Gasteiger partial charge < -0.3 is 19.6 Å². The zero-order valence-corrected chi connectivity index (χ0v) is 22.8. The summed E-state index contributed by atoms with van der Waals surface area (Å²) in [7, 11) is 4.26. The third-order valence-corrected chi connectivity index (χ3v) is 7.29. The maximum Gasteiger partial charge on any atom is 0.141 e.